The van der Waals surface area contributed by atoms with Crippen molar-refractivity contribution in [1.29, 1.82) is 0 Å². The van der Waals surface area contributed by atoms with Crippen molar-refractivity contribution in [3.63, 3.8) is 0 Å². The van der Waals surface area contributed by atoms with Gasteiger partial charge < -0.3 is 25.7 Å². The maximum atomic E-state index is 7.70. The van der Waals surface area contributed by atoms with Gasteiger partial charge in [-0.1, -0.05) is 312 Å². The minimum absolute atomic E-state index is 0. The summed E-state index contributed by atoms with van der Waals surface area (Å²) in [6.07, 6.45) is 36.0. The SMILES string of the molecule is [Au+].[Au+].[Au+].[Au+].[C-]#Cc1ccc2c(c1)[Si](c1ccccc1)(c1ccccc1)c1cc(C#[C-])ccc1-2.[C-]#Cc1ccc2c(c1)[Si](c1ccccc1)(c1ccccc1)c1cc(C#[C-])ccc1-2.c1ccc([PH+](CCCC[PH+](c2ccccc2)c2ccccc2)c2ccccc2)cc1.c1ccc([PH+](C[PH+](c2ccccc2)c2ccccc2)c2ccccc2)cc1. The molecular weight excluding hydrogens is 2280 g/mol. The van der Waals surface area contributed by atoms with Crippen molar-refractivity contribution in [2.24, 2.45) is 0 Å². The van der Waals surface area contributed by atoms with Crippen LogP contribution in [0.2, 0.25) is 0 Å². The van der Waals surface area contributed by atoms with Crippen molar-refractivity contribution in [3.8, 4) is 45.9 Å². The van der Waals surface area contributed by atoms with Gasteiger partial charge in [-0.2, -0.15) is 0 Å². The van der Waals surface area contributed by atoms with E-state index in [-0.39, 0.29) is 89.5 Å². The van der Waals surface area contributed by atoms with Gasteiger partial charge in [0.15, 0.2) is 22.1 Å². The van der Waals surface area contributed by atoms with Crippen molar-refractivity contribution < 1.29 is 89.5 Å². The molecule has 0 aliphatic carbocycles. The molecule has 16 aromatic carbocycles. The molecule has 590 valence electrons. The third-order valence-corrected chi connectivity index (χ3v) is 44.6. The number of unbranched alkanes of at least 4 members (excludes halogenated alkanes) is 1. The molecule has 0 radical (unpaired) electrons. The number of benzene rings is 16. The molecule has 0 saturated heterocycles. The monoisotopic (exact) mass is 2360 g/mol. The maximum Gasteiger partial charge on any atom is 1.00 e. The topological polar surface area (TPSA) is 0 Å². The molecule has 0 atom stereocenters. The Morgan fingerprint density at radius 2 is 0.353 bits per heavy atom. The van der Waals surface area contributed by atoms with E-state index in [1.54, 1.807) is 0 Å². The molecule has 2 heterocycles. The van der Waals surface area contributed by atoms with Crippen LogP contribution in [-0.2, 0) is 89.5 Å². The Morgan fingerprint density at radius 1 is 0.193 bits per heavy atom. The summed E-state index contributed by atoms with van der Waals surface area (Å²) in [7, 11) is -8.26. The molecule has 0 nitrogen and oxygen atoms in total. The molecule has 2 aliphatic heterocycles. The van der Waals surface area contributed by atoms with Crippen LogP contribution in [0.4, 0.5) is 0 Å². The summed E-state index contributed by atoms with van der Waals surface area (Å²) in [5, 5.41) is 22.5. The fourth-order valence-corrected chi connectivity index (χ4v) is 40.5. The summed E-state index contributed by atoms with van der Waals surface area (Å²) in [6.45, 7) is 0. The molecule has 0 N–H and O–H groups in total. The molecule has 16 aromatic rings. The summed E-state index contributed by atoms with van der Waals surface area (Å²) >= 11 is 0. The van der Waals surface area contributed by atoms with E-state index in [1.165, 1.54) is 137 Å². The van der Waals surface area contributed by atoms with Crippen molar-refractivity contribution in [2.75, 3.05) is 18.2 Å². The van der Waals surface area contributed by atoms with E-state index < -0.39 is 47.8 Å². The molecule has 0 fully saturated rings. The van der Waals surface area contributed by atoms with E-state index in [2.05, 4.69) is 436 Å². The predicted octanol–water partition coefficient (Wildman–Crippen LogP) is 16.0. The van der Waals surface area contributed by atoms with Crippen molar-refractivity contribution >= 4 is 132 Å². The third kappa shape index (κ3) is 20.6. The Kier molecular flexibility index (Phi) is 34.2. The van der Waals surface area contributed by atoms with Crippen molar-refractivity contribution in [3.05, 3.63) is 485 Å². The van der Waals surface area contributed by atoms with Gasteiger partial charge >= 0.3 is 89.5 Å². The van der Waals surface area contributed by atoms with Crippen molar-refractivity contribution in [1.82, 2.24) is 0 Å². The van der Waals surface area contributed by atoms with Crippen LogP contribution in [0, 0.1) is 49.4 Å². The van der Waals surface area contributed by atoms with E-state index in [9.17, 15) is 0 Å². The molecule has 0 saturated carbocycles. The largest absolute Gasteiger partial charge is 1.00 e. The molecule has 10 heteroatoms. The van der Waals surface area contributed by atoms with Gasteiger partial charge in [-0.3, -0.25) is 23.7 Å². The Morgan fingerprint density at radius 3 is 0.521 bits per heavy atom. The number of rotatable bonds is 19. The average Bonchev–Trinajstić information content (AvgIpc) is 1.55. The molecule has 0 bridgehead atoms. The second-order valence-electron chi connectivity index (χ2n) is 28.7. The summed E-state index contributed by atoms with van der Waals surface area (Å²) in [4.78, 5) is 0. The first kappa shape index (κ1) is 90.6. The molecule has 2 aliphatic rings. The van der Waals surface area contributed by atoms with Gasteiger partial charge in [0.2, 0.25) is 0 Å². The minimum atomic E-state index is -2.57. The first-order valence-electron chi connectivity index (χ1n) is 39.3. The molecule has 119 heavy (non-hydrogen) atoms. The fraction of sp³-hybridized carbons (Fsp3) is 0.0459. The third-order valence-electron chi connectivity index (χ3n) is 22.1. The van der Waals surface area contributed by atoms with Gasteiger partial charge in [-0.25, -0.2) is 0 Å². The van der Waals surface area contributed by atoms with Crippen LogP contribution in [0.15, 0.2) is 437 Å². The van der Waals surface area contributed by atoms with Gasteiger partial charge in [0.1, 0.15) is 37.1 Å². The van der Waals surface area contributed by atoms with Crippen molar-refractivity contribution in [2.45, 2.75) is 12.8 Å². The van der Waals surface area contributed by atoms with Gasteiger partial charge in [0.25, 0.3) is 0 Å². The zero-order valence-corrected chi connectivity index (χ0v) is 80.0. The van der Waals surface area contributed by atoms with E-state index in [0.29, 0.717) is 0 Å². The van der Waals surface area contributed by atoms with Crippen LogP contribution in [0.1, 0.15) is 35.1 Å². The molecule has 0 spiro atoms. The number of fused-ring (bicyclic) bond motifs is 6. The fourth-order valence-electron chi connectivity index (χ4n) is 16.8. The molecule has 0 aromatic heterocycles. The van der Waals surface area contributed by atoms with E-state index >= 15 is 0 Å². The molecule has 18 rings (SSSR count). The Labute approximate surface area is 774 Å². The Hall–Kier alpha value is -9.13. The van der Waals surface area contributed by atoms with Crippen LogP contribution >= 0.6 is 31.7 Å². The maximum absolute atomic E-state index is 7.70. The summed E-state index contributed by atoms with van der Waals surface area (Å²) in [5.74, 6) is 11.6. The van der Waals surface area contributed by atoms with E-state index in [4.69, 9.17) is 25.7 Å². The van der Waals surface area contributed by atoms with E-state index in [0.717, 1.165) is 22.3 Å². The van der Waals surface area contributed by atoms with Gasteiger partial charge in [0, 0.05) is 0 Å². The smallest absolute Gasteiger partial charge is 0.366 e. The van der Waals surface area contributed by atoms with Gasteiger partial charge in [-0.15, -0.1) is 70.8 Å². The van der Waals surface area contributed by atoms with Gasteiger partial charge in [-0.05, 0) is 153 Å². The van der Waals surface area contributed by atoms with Crippen LogP contribution in [0.5, 0.6) is 0 Å². The standard InChI is InChI=1S/C28H28P2.2C28H16Si.C25H22P2.4Au/c1-5-15-25(16-6-1)29(26-17-7-2-8-18-26)23-13-14-24-30(27-19-9-3-10-20-27)28-21-11-4-12-22-28;2*1-3-21-15-17-25-26-18-16-22(4-2)20-28(26)29(27(25)19-21,23-11-7-5-8-12-23)24-13-9-6-10-14-24;1-5-13-22(14-6-1)26(23-15-7-2-8-16-23)21-27(24-17-9-3-10-18-24)25-19-11-4-12-20-25;;;;/h1-12,15-22H,13-14,23-24H2;2*5-20H;1-20H,21H2;;;;/q;2*-2;;4*+1/p+4. The second kappa shape index (κ2) is 45.0. The first-order chi connectivity index (χ1) is 56.9. The minimum Gasteiger partial charge on any atom is -0.366 e. The van der Waals surface area contributed by atoms with Crippen LogP contribution in [0.3, 0.4) is 0 Å². The zero-order valence-electron chi connectivity index (χ0n) is 65.3. The quantitative estimate of drug-likeness (QED) is 0.0249. The number of hydrogen-bond acceptors (Lipinski definition) is 0. The van der Waals surface area contributed by atoms with Gasteiger partial charge in [0.05, 0.1) is 49.4 Å². The Balaban J connectivity index is 0.000000154. The summed E-state index contributed by atoms with van der Waals surface area (Å²) in [6, 6.07) is 157. The molecule has 0 unspecified atom stereocenters. The molecule has 0 amide bonds. The Bertz CT molecular complexity index is 5320. The normalized spacial score (nSPS) is 11.7. The van der Waals surface area contributed by atoms with Crippen LogP contribution < -0.4 is 83.9 Å². The van der Waals surface area contributed by atoms with Crippen LogP contribution in [-0.4, -0.2) is 34.4 Å². The average molecular weight is 2360 g/mol. The zero-order chi connectivity index (χ0) is 78.4. The predicted molar refractivity (Wildman–Crippen MR) is 509 cm³/mol. The van der Waals surface area contributed by atoms with E-state index in [1.807, 2.05) is 24.3 Å². The molecular formula is C109H86Au4P4Si2+4. The second-order valence-corrected chi connectivity index (χ2v) is 47.1. The summed E-state index contributed by atoms with van der Waals surface area (Å²) < 4.78 is 0. The first-order valence-corrected chi connectivity index (χ1v) is 50.1. The van der Waals surface area contributed by atoms with Crippen LogP contribution in [0.25, 0.3) is 22.3 Å². The number of hydrogen-bond donors (Lipinski definition) is 0. The summed E-state index contributed by atoms with van der Waals surface area (Å²) in [5.41, 5.74) is 8.03.